The third kappa shape index (κ3) is 3.27. The maximum atomic E-state index is 3.78. The van der Waals surface area contributed by atoms with E-state index in [2.05, 4.69) is 62.5 Å². The maximum Gasteiger partial charge on any atom is 0.0371 e. The number of benzene rings is 1. The molecule has 0 fully saturated rings. The molecule has 0 heterocycles. The normalized spacial score (nSPS) is 17.3. The van der Waals surface area contributed by atoms with Crippen molar-refractivity contribution < 1.29 is 0 Å². The number of allylic oxidation sites excluding steroid dienone is 1. The number of hydrogen-bond acceptors (Lipinski definition) is 1. The summed E-state index contributed by atoms with van der Waals surface area (Å²) in [6.07, 6.45) is 7.49. The predicted molar refractivity (Wildman–Crippen MR) is 83.5 cm³/mol. The first-order valence-electron chi connectivity index (χ1n) is 7.64. The maximum absolute atomic E-state index is 3.78. The molecule has 0 aromatic heterocycles. The van der Waals surface area contributed by atoms with E-state index in [-0.39, 0.29) is 5.41 Å². The quantitative estimate of drug-likeness (QED) is 0.743. The minimum atomic E-state index is 0.145. The second-order valence-corrected chi connectivity index (χ2v) is 6.15. The Morgan fingerprint density at radius 1 is 1.21 bits per heavy atom. The highest BCUT2D eigenvalue weighted by molar-refractivity contribution is 5.32. The lowest BCUT2D eigenvalue weighted by Crippen LogP contribution is -2.46. The molecule has 1 N–H and O–H groups in total. The Kier molecular flexibility index (Phi) is 4.81. The van der Waals surface area contributed by atoms with E-state index >= 15 is 0 Å². The van der Waals surface area contributed by atoms with Crippen LogP contribution in [0.5, 0.6) is 0 Å². The highest BCUT2D eigenvalue weighted by Gasteiger charge is 2.33. The fraction of sp³-hybridized carbons (Fsp3) is 0.556. The van der Waals surface area contributed by atoms with Crippen molar-refractivity contribution in [3.63, 3.8) is 0 Å². The van der Waals surface area contributed by atoms with Gasteiger partial charge in [-0.15, -0.1) is 0 Å². The molecular formula is C18H27N. The third-order valence-corrected chi connectivity index (χ3v) is 4.28. The molecule has 0 saturated carbocycles. The van der Waals surface area contributed by atoms with Gasteiger partial charge in [-0.3, -0.25) is 0 Å². The Hall–Kier alpha value is -1.08. The van der Waals surface area contributed by atoms with Crippen LogP contribution in [0.1, 0.15) is 52.0 Å². The fourth-order valence-electron chi connectivity index (χ4n) is 3.13. The summed E-state index contributed by atoms with van der Waals surface area (Å²) < 4.78 is 0. The molecule has 1 heteroatoms. The van der Waals surface area contributed by atoms with Crippen molar-refractivity contribution >= 4 is 0 Å². The van der Waals surface area contributed by atoms with Gasteiger partial charge in [0.2, 0.25) is 0 Å². The molecule has 19 heavy (non-hydrogen) atoms. The molecule has 104 valence electrons. The number of nitrogens with one attached hydrogen (secondary N) is 1. The van der Waals surface area contributed by atoms with E-state index in [9.17, 15) is 0 Å². The first-order chi connectivity index (χ1) is 9.16. The third-order valence-electron chi connectivity index (χ3n) is 4.28. The van der Waals surface area contributed by atoms with E-state index in [1.807, 2.05) is 0 Å². The van der Waals surface area contributed by atoms with E-state index in [1.54, 1.807) is 5.57 Å². The van der Waals surface area contributed by atoms with Gasteiger partial charge in [0, 0.05) is 11.5 Å². The Labute approximate surface area is 118 Å². The van der Waals surface area contributed by atoms with Crippen LogP contribution in [0.4, 0.5) is 0 Å². The fourth-order valence-corrected chi connectivity index (χ4v) is 3.13. The van der Waals surface area contributed by atoms with Crippen molar-refractivity contribution in [1.29, 1.82) is 0 Å². The molecule has 1 aromatic carbocycles. The highest BCUT2D eigenvalue weighted by Crippen LogP contribution is 2.35. The van der Waals surface area contributed by atoms with Crippen LogP contribution in [0.2, 0.25) is 0 Å². The predicted octanol–water partition coefficient (Wildman–Crippen LogP) is 4.44. The van der Waals surface area contributed by atoms with Gasteiger partial charge < -0.3 is 5.32 Å². The second-order valence-electron chi connectivity index (χ2n) is 6.15. The molecule has 0 bridgehead atoms. The van der Waals surface area contributed by atoms with Crippen LogP contribution >= 0.6 is 0 Å². The van der Waals surface area contributed by atoms with Crippen LogP contribution in [0.25, 0.3) is 0 Å². The SMILES string of the molecule is CCCNC(C1=CCCC1)C(C)(C)c1ccccc1. The summed E-state index contributed by atoms with van der Waals surface area (Å²) >= 11 is 0. The summed E-state index contributed by atoms with van der Waals surface area (Å²) in [6.45, 7) is 8.07. The summed E-state index contributed by atoms with van der Waals surface area (Å²) in [6, 6.07) is 11.4. The Bertz CT molecular complexity index is 417. The van der Waals surface area contributed by atoms with Gasteiger partial charge in [-0.05, 0) is 37.8 Å². The van der Waals surface area contributed by atoms with Gasteiger partial charge in [-0.25, -0.2) is 0 Å². The molecule has 0 spiro atoms. The van der Waals surface area contributed by atoms with E-state index < -0.39 is 0 Å². The minimum Gasteiger partial charge on any atom is -0.309 e. The average Bonchev–Trinajstić information content (AvgIpc) is 2.94. The molecule has 1 aromatic rings. The van der Waals surface area contributed by atoms with E-state index in [1.165, 1.54) is 31.2 Å². The van der Waals surface area contributed by atoms with E-state index in [0.29, 0.717) is 6.04 Å². The molecule has 0 radical (unpaired) electrons. The molecule has 0 aliphatic heterocycles. The number of hydrogen-bond donors (Lipinski definition) is 1. The monoisotopic (exact) mass is 257 g/mol. The average molecular weight is 257 g/mol. The van der Waals surface area contributed by atoms with Crippen molar-refractivity contribution in [3.8, 4) is 0 Å². The lowest BCUT2D eigenvalue weighted by Gasteiger charge is -2.37. The van der Waals surface area contributed by atoms with E-state index in [0.717, 1.165) is 6.54 Å². The molecule has 1 nitrogen and oxygen atoms in total. The standard InChI is InChI=1S/C18H27N/c1-4-14-19-17(15-10-8-9-11-15)18(2,3)16-12-6-5-7-13-16/h5-7,10,12-13,17,19H,4,8-9,11,14H2,1-3H3. The zero-order valence-electron chi connectivity index (χ0n) is 12.6. The smallest absolute Gasteiger partial charge is 0.0371 e. The molecule has 2 rings (SSSR count). The van der Waals surface area contributed by atoms with Crippen molar-refractivity contribution in [1.82, 2.24) is 5.32 Å². The first-order valence-corrected chi connectivity index (χ1v) is 7.64. The van der Waals surface area contributed by atoms with Crippen molar-refractivity contribution in [2.24, 2.45) is 0 Å². The molecule has 0 amide bonds. The van der Waals surface area contributed by atoms with Crippen molar-refractivity contribution in [2.75, 3.05) is 6.54 Å². The van der Waals surface area contributed by atoms with Gasteiger partial charge in [0.1, 0.15) is 0 Å². The molecule has 1 atom stereocenters. The van der Waals surface area contributed by atoms with E-state index in [4.69, 9.17) is 0 Å². The van der Waals surface area contributed by atoms with Gasteiger partial charge in [-0.2, -0.15) is 0 Å². The van der Waals surface area contributed by atoms with Crippen molar-refractivity contribution in [2.45, 2.75) is 57.9 Å². The summed E-state index contributed by atoms with van der Waals surface area (Å²) in [7, 11) is 0. The minimum absolute atomic E-state index is 0.145. The molecular weight excluding hydrogens is 230 g/mol. The highest BCUT2D eigenvalue weighted by atomic mass is 14.9. The molecule has 1 aliphatic carbocycles. The van der Waals surface area contributed by atoms with Gasteiger partial charge in [0.15, 0.2) is 0 Å². The van der Waals surface area contributed by atoms with Gasteiger partial charge in [0.05, 0.1) is 0 Å². The molecule has 0 saturated heterocycles. The zero-order valence-corrected chi connectivity index (χ0v) is 12.6. The summed E-state index contributed by atoms with van der Waals surface area (Å²) in [5.41, 5.74) is 3.19. The first kappa shape index (κ1) is 14.3. The van der Waals surface area contributed by atoms with Gasteiger partial charge in [-0.1, -0.05) is 62.8 Å². The van der Waals surface area contributed by atoms with Crippen molar-refractivity contribution in [3.05, 3.63) is 47.5 Å². The summed E-state index contributed by atoms with van der Waals surface area (Å²) in [4.78, 5) is 0. The summed E-state index contributed by atoms with van der Waals surface area (Å²) in [5, 5.41) is 3.78. The van der Waals surface area contributed by atoms with Crippen LogP contribution in [0.15, 0.2) is 42.0 Å². The Morgan fingerprint density at radius 3 is 2.53 bits per heavy atom. The van der Waals surface area contributed by atoms with Gasteiger partial charge in [0.25, 0.3) is 0 Å². The Morgan fingerprint density at radius 2 is 1.95 bits per heavy atom. The lowest BCUT2D eigenvalue weighted by atomic mass is 9.74. The van der Waals surface area contributed by atoms with Gasteiger partial charge >= 0.3 is 0 Å². The molecule has 1 unspecified atom stereocenters. The lowest BCUT2D eigenvalue weighted by molar-refractivity contribution is 0.374. The Balaban J connectivity index is 2.25. The van der Waals surface area contributed by atoms with Crippen LogP contribution in [0, 0.1) is 0 Å². The van der Waals surface area contributed by atoms with Crippen LogP contribution in [-0.4, -0.2) is 12.6 Å². The summed E-state index contributed by atoms with van der Waals surface area (Å²) in [5.74, 6) is 0. The number of rotatable bonds is 6. The van der Waals surface area contributed by atoms with Crippen LogP contribution in [0.3, 0.4) is 0 Å². The molecule has 1 aliphatic rings. The largest absolute Gasteiger partial charge is 0.309 e. The van der Waals surface area contributed by atoms with Crippen LogP contribution < -0.4 is 5.32 Å². The van der Waals surface area contributed by atoms with Crippen LogP contribution in [-0.2, 0) is 5.41 Å². The topological polar surface area (TPSA) is 12.0 Å². The second kappa shape index (κ2) is 6.38. The zero-order chi connectivity index (χ0) is 13.7.